The van der Waals surface area contributed by atoms with E-state index in [0.717, 1.165) is 11.1 Å². The van der Waals surface area contributed by atoms with Gasteiger partial charge in [-0.3, -0.25) is 10.1 Å². The highest BCUT2D eigenvalue weighted by atomic mass is 32.2. The summed E-state index contributed by atoms with van der Waals surface area (Å²) < 4.78 is 27.3. The Morgan fingerprint density at radius 3 is 1.48 bits per heavy atom. The Balaban J connectivity index is 1.98. The minimum atomic E-state index is -3.92. The maximum atomic E-state index is 14.3. The highest BCUT2D eigenvalue weighted by Crippen LogP contribution is 2.42. The first-order chi connectivity index (χ1) is 15.9. The van der Waals surface area contributed by atoms with Crippen LogP contribution in [0.1, 0.15) is 16.7 Å². The summed E-state index contributed by atoms with van der Waals surface area (Å²) >= 11 is 0. The van der Waals surface area contributed by atoms with Crippen molar-refractivity contribution in [1.29, 1.82) is 0 Å². The van der Waals surface area contributed by atoms with Crippen molar-refractivity contribution in [2.75, 3.05) is 0 Å². The van der Waals surface area contributed by atoms with Gasteiger partial charge in [0.25, 0.3) is 5.69 Å². The molecule has 0 aliphatic rings. The first-order valence-electron chi connectivity index (χ1n) is 10.5. The van der Waals surface area contributed by atoms with Crippen LogP contribution < -0.4 is 0 Å². The first kappa shape index (κ1) is 22.4. The average molecular weight is 458 g/mol. The summed E-state index contributed by atoms with van der Waals surface area (Å²) in [4.78, 5) is 11.0. The van der Waals surface area contributed by atoms with Gasteiger partial charge in [-0.2, -0.15) is 0 Å². The number of non-ortho nitro benzene ring substituents is 1. The standard InChI is InChI=1S/C27H23NO4S/c29-28(30)25-18-16-24(17-19-25)27(20-22-10-4-1-5-11-22,21-23-12-6-2-7-13-23)33(31,32)26-14-8-3-9-15-26/h1-19H,20-21H2. The molecule has 4 aromatic rings. The van der Waals surface area contributed by atoms with Gasteiger partial charge in [0.15, 0.2) is 9.84 Å². The van der Waals surface area contributed by atoms with Gasteiger partial charge in [0.2, 0.25) is 0 Å². The third-order valence-corrected chi connectivity index (χ3v) is 8.28. The van der Waals surface area contributed by atoms with Crippen LogP contribution in [-0.2, 0) is 27.4 Å². The van der Waals surface area contributed by atoms with E-state index in [2.05, 4.69) is 0 Å². The Morgan fingerprint density at radius 1 is 0.636 bits per heavy atom. The second-order valence-electron chi connectivity index (χ2n) is 7.94. The van der Waals surface area contributed by atoms with Gasteiger partial charge in [-0.05, 0) is 41.7 Å². The van der Waals surface area contributed by atoms with E-state index in [1.54, 1.807) is 42.5 Å². The largest absolute Gasteiger partial charge is 0.269 e. The maximum Gasteiger partial charge on any atom is 0.269 e. The lowest BCUT2D eigenvalue weighted by Gasteiger charge is -2.35. The lowest BCUT2D eigenvalue weighted by molar-refractivity contribution is -0.384. The van der Waals surface area contributed by atoms with E-state index >= 15 is 0 Å². The minimum Gasteiger partial charge on any atom is -0.258 e. The van der Waals surface area contributed by atoms with Crippen LogP contribution in [-0.4, -0.2) is 13.3 Å². The van der Waals surface area contributed by atoms with Gasteiger partial charge in [-0.1, -0.05) is 91.0 Å². The van der Waals surface area contributed by atoms with Crippen LogP contribution in [0.4, 0.5) is 5.69 Å². The van der Waals surface area contributed by atoms with E-state index in [0.29, 0.717) is 5.56 Å². The van der Waals surface area contributed by atoms with Gasteiger partial charge < -0.3 is 0 Å². The summed E-state index contributed by atoms with van der Waals surface area (Å²) in [5.74, 6) is 0. The van der Waals surface area contributed by atoms with Crippen LogP contribution in [0.3, 0.4) is 0 Å². The second-order valence-corrected chi connectivity index (χ2v) is 10.2. The lowest BCUT2D eigenvalue weighted by atomic mass is 9.85. The average Bonchev–Trinajstić information content (AvgIpc) is 2.85. The third-order valence-electron chi connectivity index (χ3n) is 5.84. The number of rotatable bonds is 8. The van der Waals surface area contributed by atoms with Crippen LogP contribution in [0.2, 0.25) is 0 Å². The molecule has 0 aliphatic heterocycles. The van der Waals surface area contributed by atoms with Crippen molar-refractivity contribution in [1.82, 2.24) is 0 Å². The van der Waals surface area contributed by atoms with Gasteiger partial charge >= 0.3 is 0 Å². The van der Waals surface area contributed by atoms with E-state index in [1.807, 2.05) is 60.7 Å². The monoisotopic (exact) mass is 457 g/mol. The zero-order valence-corrected chi connectivity index (χ0v) is 18.7. The van der Waals surface area contributed by atoms with Gasteiger partial charge in [-0.25, -0.2) is 8.42 Å². The predicted molar refractivity (Wildman–Crippen MR) is 129 cm³/mol. The number of benzene rings is 4. The van der Waals surface area contributed by atoms with E-state index in [-0.39, 0.29) is 23.4 Å². The van der Waals surface area contributed by atoms with E-state index in [4.69, 9.17) is 0 Å². The molecule has 166 valence electrons. The number of nitro groups is 1. The number of sulfone groups is 1. The predicted octanol–water partition coefficient (Wildman–Crippen LogP) is 5.75. The summed E-state index contributed by atoms with van der Waals surface area (Å²) in [6.45, 7) is 0. The highest BCUT2D eigenvalue weighted by molar-refractivity contribution is 7.92. The summed E-state index contributed by atoms with van der Waals surface area (Å²) in [7, 11) is -3.92. The highest BCUT2D eigenvalue weighted by Gasteiger charge is 2.46. The van der Waals surface area contributed by atoms with Gasteiger partial charge in [0, 0.05) is 12.1 Å². The van der Waals surface area contributed by atoms with E-state index < -0.39 is 19.5 Å². The molecule has 4 aromatic carbocycles. The molecular weight excluding hydrogens is 434 g/mol. The van der Waals surface area contributed by atoms with Gasteiger partial charge in [-0.15, -0.1) is 0 Å². The number of hydrogen-bond acceptors (Lipinski definition) is 4. The quantitative estimate of drug-likeness (QED) is 0.249. The normalized spacial score (nSPS) is 11.8. The number of hydrogen-bond donors (Lipinski definition) is 0. The lowest BCUT2D eigenvalue weighted by Crippen LogP contribution is -2.40. The Hall–Kier alpha value is -3.77. The zero-order chi connectivity index (χ0) is 23.3. The van der Waals surface area contributed by atoms with Crippen LogP contribution >= 0.6 is 0 Å². The molecule has 0 radical (unpaired) electrons. The van der Waals surface area contributed by atoms with Gasteiger partial charge in [0.05, 0.1) is 9.82 Å². The van der Waals surface area contributed by atoms with Crippen molar-refractivity contribution in [3.63, 3.8) is 0 Å². The molecule has 0 bridgehead atoms. The Bertz CT molecular complexity index is 1280. The van der Waals surface area contributed by atoms with Crippen molar-refractivity contribution in [3.8, 4) is 0 Å². The molecular formula is C27H23NO4S. The van der Waals surface area contributed by atoms with Crippen molar-refractivity contribution in [2.45, 2.75) is 22.5 Å². The SMILES string of the molecule is O=[N+]([O-])c1ccc(C(Cc2ccccc2)(Cc2ccccc2)S(=O)(=O)c2ccccc2)cc1. The fraction of sp³-hybridized carbons (Fsp3) is 0.111. The molecule has 6 heteroatoms. The first-order valence-corrected chi connectivity index (χ1v) is 12.0. The fourth-order valence-corrected chi connectivity index (χ4v) is 6.30. The van der Waals surface area contributed by atoms with Crippen LogP contribution in [0.15, 0.2) is 120 Å². The molecule has 4 rings (SSSR count). The molecule has 0 aliphatic carbocycles. The molecule has 0 unspecified atom stereocenters. The molecule has 0 saturated heterocycles. The van der Waals surface area contributed by atoms with E-state index in [1.165, 1.54) is 12.1 Å². The summed E-state index contributed by atoms with van der Waals surface area (Å²) in [6.07, 6.45) is 0.440. The number of nitro benzene ring substituents is 1. The Kier molecular flexibility index (Phi) is 6.38. The molecule has 0 aromatic heterocycles. The van der Waals surface area contributed by atoms with Crippen molar-refractivity contribution in [2.24, 2.45) is 0 Å². The van der Waals surface area contributed by atoms with Crippen LogP contribution in [0.5, 0.6) is 0 Å². The maximum absolute atomic E-state index is 14.3. The topological polar surface area (TPSA) is 77.3 Å². The summed E-state index contributed by atoms with van der Waals surface area (Å²) in [5, 5.41) is 11.2. The molecule has 0 saturated carbocycles. The van der Waals surface area contributed by atoms with Crippen LogP contribution in [0.25, 0.3) is 0 Å². The molecule has 0 atom stereocenters. The van der Waals surface area contributed by atoms with Crippen molar-refractivity contribution < 1.29 is 13.3 Å². The Labute approximate surface area is 193 Å². The molecule has 0 N–H and O–H groups in total. The second kappa shape index (κ2) is 9.38. The molecule has 0 spiro atoms. The molecule has 0 fully saturated rings. The van der Waals surface area contributed by atoms with Crippen LogP contribution in [0, 0.1) is 10.1 Å². The molecule has 0 heterocycles. The van der Waals surface area contributed by atoms with Crippen molar-refractivity contribution >= 4 is 15.5 Å². The Morgan fingerprint density at radius 2 is 1.06 bits per heavy atom. The van der Waals surface area contributed by atoms with Gasteiger partial charge in [0.1, 0.15) is 4.75 Å². The molecule has 33 heavy (non-hydrogen) atoms. The summed E-state index contributed by atoms with van der Waals surface area (Å²) in [6, 6.07) is 33.2. The zero-order valence-electron chi connectivity index (χ0n) is 17.9. The summed E-state index contributed by atoms with van der Waals surface area (Å²) in [5.41, 5.74) is 2.17. The van der Waals surface area contributed by atoms with E-state index in [9.17, 15) is 18.5 Å². The fourth-order valence-electron chi connectivity index (χ4n) is 4.18. The minimum absolute atomic E-state index is 0.0795. The smallest absolute Gasteiger partial charge is 0.258 e. The molecule has 5 nitrogen and oxygen atoms in total. The third kappa shape index (κ3) is 4.56. The molecule has 0 amide bonds. The number of nitrogens with zero attached hydrogens (tertiary/aromatic N) is 1. The van der Waals surface area contributed by atoms with Crippen molar-refractivity contribution in [3.05, 3.63) is 142 Å².